The van der Waals surface area contributed by atoms with Crippen molar-refractivity contribution in [1.29, 1.82) is 0 Å². The van der Waals surface area contributed by atoms with Crippen molar-refractivity contribution in [3.63, 3.8) is 0 Å². The van der Waals surface area contributed by atoms with Gasteiger partial charge >= 0.3 is 0 Å². The van der Waals surface area contributed by atoms with Crippen molar-refractivity contribution in [3.8, 4) is 0 Å². The maximum atomic E-state index is 12.5. The lowest BCUT2D eigenvalue weighted by Gasteiger charge is -2.12. The number of aromatic nitrogens is 1. The van der Waals surface area contributed by atoms with Crippen LogP contribution in [0.15, 0.2) is 90.8 Å². The number of carbonyl (C=O) groups excluding carboxylic acids is 2. The smallest absolute Gasteiger partial charge is 0.286 e. The van der Waals surface area contributed by atoms with Crippen molar-refractivity contribution in [2.75, 3.05) is 62.5 Å². The van der Waals surface area contributed by atoms with Crippen LogP contribution in [0.2, 0.25) is 0 Å². The first-order chi connectivity index (χ1) is 22.8. The molecule has 2 amide bonds. The van der Waals surface area contributed by atoms with Crippen LogP contribution >= 0.6 is 21.6 Å². The van der Waals surface area contributed by atoms with E-state index in [2.05, 4.69) is 99.1 Å². The Morgan fingerprint density at radius 1 is 0.766 bits per heavy atom. The number of allylic oxidation sites excluding steroid dienone is 1. The Bertz CT molecular complexity index is 1580. The Hall–Kier alpha value is -4.28. The molecule has 0 aliphatic carbocycles. The first kappa shape index (κ1) is 35.6. The van der Waals surface area contributed by atoms with Gasteiger partial charge in [0, 0.05) is 87.8 Å². The summed E-state index contributed by atoms with van der Waals surface area (Å²) in [4.78, 5) is 27.0. The fraction of sp³-hybridized carbons (Fsp3) is 0.297. The molecule has 0 saturated heterocycles. The minimum absolute atomic E-state index is 0.0134. The molecule has 0 radical (unpaired) electrons. The van der Waals surface area contributed by atoms with Crippen LogP contribution in [0.4, 0.5) is 11.4 Å². The molecule has 1 atom stereocenters. The average molecular weight is 671 g/mol. The number of anilines is 2. The normalized spacial score (nSPS) is 14.3. The summed E-state index contributed by atoms with van der Waals surface area (Å²) in [6.45, 7) is 3.94. The molecule has 2 heterocycles. The largest absolute Gasteiger partial charge is 0.388 e. The number of amides is 2. The van der Waals surface area contributed by atoms with Crippen LogP contribution in [0.1, 0.15) is 23.6 Å². The summed E-state index contributed by atoms with van der Waals surface area (Å²) in [5, 5.41) is 9.12. The van der Waals surface area contributed by atoms with Gasteiger partial charge in [-0.05, 0) is 41.0 Å². The van der Waals surface area contributed by atoms with Crippen LogP contribution in [-0.2, 0) is 16.1 Å². The van der Waals surface area contributed by atoms with E-state index in [1.165, 1.54) is 11.3 Å². The molecule has 0 saturated carbocycles. The molecular formula is C37H46N6O2S2+2. The lowest BCUT2D eigenvalue weighted by atomic mass is 10.1. The second-order valence-corrected chi connectivity index (χ2v) is 14.0. The molecule has 1 aliphatic heterocycles. The number of rotatable bonds is 17. The van der Waals surface area contributed by atoms with Crippen molar-refractivity contribution >= 4 is 69.2 Å². The van der Waals surface area contributed by atoms with Crippen molar-refractivity contribution in [2.24, 2.45) is 0 Å². The zero-order valence-electron chi connectivity index (χ0n) is 27.7. The van der Waals surface area contributed by atoms with Crippen molar-refractivity contribution < 1.29 is 18.7 Å². The maximum Gasteiger partial charge on any atom is 0.286 e. The Balaban J connectivity index is 1.03. The minimum atomic E-state index is -0.0134. The van der Waals surface area contributed by atoms with Gasteiger partial charge in [-0.15, -0.1) is 0 Å². The summed E-state index contributed by atoms with van der Waals surface area (Å²) in [7, 11) is 9.37. The molecule has 3 aromatic rings. The molecule has 246 valence electrons. The van der Waals surface area contributed by atoms with Crippen LogP contribution in [0.5, 0.6) is 0 Å². The first-order valence-electron chi connectivity index (χ1n) is 15.8. The van der Waals surface area contributed by atoms with E-state index in [4.69, 9.17) is 0 Å². The third-order valence-corrected chi connectivity index (χ3v) is 10.1. The van der Waals surface area contributed by atoms with Gasteiger partial charge in [0.1, 0.15) is 0 Å². The highest BCUT2D eigenvalue weighted by atomic mass is 33.1. The van der Waals surface area contributed by atoms with E-state index in [-0.39, 0.29) is 24.4 Å². The highest BCUT2D eigenvalue weighted by Crippen LogP contribution is 2.20. The predicted octanol–water partition coefficient (Wildman–Crippen LogP) is 4.99. The highest BCUT2D eigenvalue weighted by Gasteiger charge is 2.25. The Kier molecular flexibility index (Phi) is 14.2. The fourth-order valence-corrected chi connectivity index (χ4v) is 6.58. The van der Waals surface area contributed by atoms with Crippen molar-refractivity contribution in [1.82, 2.24) is 10.6 Å². The number of hydrogen-bond donors (Lipinski definition) is 3. The third kappa shape index (κ3) is 12.1. The summed E-state index contributed by atoms with van der Waals surface area (Å²) in [6.07, 6.45) is 16.3. The van der Waals surface area contributed by atoms with Gasteiger partial charge in [0.25, 0.3) is 11.8 Å². The predicted molar refractivity (Wildman–Crippen MR) is 201 cm³/mol. The van der Waals surface area contributed by atoms with Gasteiger partial charge in [-0.3, -0.25) is 9.59 Å². The SMILES string of the molecule is CNc1ccc(/C=C/c2cc[n+](CC(=O)NCCSSCCNC(=O)C[N+]3=CC=C(/C=C/c4ccc(N(C)C)cc4)C3C)cc2)cc1. The van der Waals surface area contributed by atoms with Gasteiger partial charge in [0.2, 0.25) is 13.1 Å². The van der Waals surface area contributed by atoms with Crippen LogP contribution in [0.25, 0.3) is 18.2 Å². The second kappa shape index (κ2) is 18.8. The number of nitrogens with one attached hydrogen (secondary N) is 3. The molecular weight excluding hydrogens is 625 g/mol. The third-order valence-electron chi connectivity index (χ3n) is 7.65. The molecule has 3 N–H and O–H groups in total. The number of hydrogen-bond acceptors (Lipinski definition) is 6. The first-order valence-corrected chi connectivity index (χ1v) is 18.3. The van der Waals surface area contributed by atoms with E-state index in [9.17, 15) is 9.59 Å². The van der Waals surface area contributed by atoms with Crippen molar-refractivity contribution in [3.05, 3.63) is 107 Å². The van der Waals surface area contributed by atoms with Crippen LogP contribution in [-0.4, -0.2) is 80.9 Å². The molecule has 10 heteroatoms. The summed E-state index contributed by atoms with van der Waals surface area (Å²) in [6, 6.07) is 20.8. The van der Waals surface area contributed by atoms with Gasteiger partial charge in [-0.2, -0.15) is 4.57 Å². The van der Waals surface area contributed by atoms with Crippen LogP contribution < -0.4 is 25.4 Å². The fourth-order valence-electron chi connectivity index (χ4n) is 4.77. The number of nitrogens with zero attached hydrogens (tertiary/aromatic N) is 3. The summed E-state index contributed by atoms with van der Waals surface area (Å²) < 4.78 is 3.93. The molecule has 0 bridgehead atoms. The summed E-state index contributed by atoms with van der Waals surface area (Å²) in [5.74, 6) is 1.61. The molecule has 8 nitrogen and oxygen atoms in total. The number of pyridine rings is 1. The van der Waals surface area contributed by atoms with Gasteiger partial charge < -0.3 is 20.9 Å². The van der Waals surface area contributed by atoms with Crippen LogP contribution in [0, 0.1) is 0 Å². The minimum Gasteiger partial charge on any atom is -0.388 e. The highest BCUT2D eigenvalue weighted by molar-refractivity contribution is 8.76. The standard InChI is InChI=1S/C37H44N6O2S2/c1-29-33(12-7-31-10-15-35(16-11-31)41(3)4)19-24-43(29)28-37(45)40-21-26-47-46-25-20-39-36(44)27-42-22-17-32(18-23-42)6-5-30-8-13-34(38-2)14-9-30/h5-19,22-24,29H,20-21,25-28H2,1-4H3,(H-,39,40,44,45)/p+2. The van der Waals surface area contributed by atoms with E-state index in [1.54, 1.807) is 21.6 Å². The number of benzene rings is 2. The molecule has 4 rings (SSSR count). The molecule has 47 heavy (non-hydrogen) atoms. The quantitative estimate of drug-likeness (QED) is 0.107. The van der Waals surface area contributed by atoms with E-state index in [0.29, 0.717) is 19.6 Å². The van der Waals surface area contributed by atoms with Gasteiger partial charge in [-0.25, -0.2) is 4.58 Å². The van der Waals surface area contributed by atoms with Crippen molar-refractivity contribution in [2.45, 2.75) is 19.5 Å². The van der Waals surface area contributed by atoms with Gasteiger partial charge in [0.15, 0.2) is 24.7 Å². The van der Waals surface area contributed by atoms with Gasteiger partial charge in [-0.1, -0.05) is 70.2 Å². The Labute approximate surface area is 287 Å². The molecule has 1 unspecified atom stereocenters. The Morgan fingerprint density at radius 3 is 1.87 bits per heavy atom. The maximum absolute atomic E-state index is 12.5. The Morgan fingerprint density at radius 2 is 1.30 bits per heavy atom. The van der Waals surface area contributed by atoms with E-state index >= 15 is 0 Å². The average Bonchev–Trinajstić information content (AvgIpc) is 3.42. The van der Waals surface area contributed by atoms with Gasteiger partial charge in [0.05, 0.1) is 0 Å². The second-order valence-electron chi connectivity index (χ2n) is 11.3. The lowest BCUT2D eigenvalue weighted by Crippen LogP contribution is -2.42. The molecule has 2 aromatic carbocycles. The molecule has 0 spiro atoms. The number of carbonyl (C=O) groups is 2. The van der Waals surface area contributed by atoms with E-state index in [0.717, 1.165) is 33.9 Å². The van der Waals surface area contributed by atoms with E-state index in [1.807, 2.05) is 68.6 Å². The summed E-state index contributed by atoms with van der Waals surface area (Å²) >= 11 is 0. The zero-order chi connectivity index (χ0) is 33.4. The van der Waals surface area contributed by atoms with E-state index < -0.39 is 0 Å². The lowest BCUT2D eigenvalue weighted by molar-refractivity contribution is -0.684. The summed E-state index contributed by atoms with van der Waals surface area (Å²) in [5.41, 5.74) is 6.79. The van der Waals surface area contributed by atoms with Crippen LogP contribution in [0.3, 0.4) is 0 Å². The molecule has 1 aliphatic rings. The monoisotopic (exact) mass is 670 g/mol. The topological polar surface area (TPSA) is 80.4 Å². The molecule has 0 fully saturated rings. The zero-order valence-corrected chi connectivity index (χ0v) is 29.3. The molecule has 1 aromatic heterocycles.